The zero-order valence-electron chi connectivity index (χ0n) is 16.2. The summed E-state index contributed by atoms with van der Waals surface area (Å²) < 4.78 is 5.47. The van der Waals surface area contributed by atoms with Crippen LogP contribution in [0, 0.1) is 6.92 Å². The second-order valence-corrected chi connectivity index (χ2v) is 8.01. The Kier molecular flexibility index (Phi) is 9.05. The molecule has 8 heteroatoms. The van der Waals surface area contributed by atoms with Crippen LogP contribution in [-0.2, 0) is 17.6 Å². The van der Waals surface area contributed by atoms with Crippen molar-refractivity contribution in [3.63, 3.8) is 0 Å². The summed E-state index contributed by atoms with van der Waals surface area (Å²) in [6, 6.07) is 0.635. The van der Waals surface area contributed by atoms with E-state index in [1.54, 1.807) is 0 Å². The smallest absolute Gasteiger partial charge is 0.193 e. The minimum absolute atomic E-state index is 0. The average molecular weight is 493 g/mol. The number of guanidine groups is 1. The number of likely N-dealkylation sites (tertiary alicyclic amines) is 1. The van der Waals surface area contributed by atoms with Crippen LogP contribution >= 0.6 is 35.3 Å². The predicted molar refractivity (Wildman–Crippen MR) is 119 cm³/mol. The molecule has 0 radical (unpaired) electrons. The van der Waals surface area contributed by atoms with E-state index in [0.29, 0.717) is 6.04 Å². The number of aliphatic imine (C=N–C) groups is 1. The summed E-state index contributed by atoms with van der Waals surface area (Å²) in [5.74, 6) is 1.03. The van der Waals surface area contributed by atoms with E-state index in [9.17, 15) is 0 Å². The maximum absolute atomic E-state index is 5.47. The zero-order valence-corrected chi connectivity index (χ0v) is 19.3. The summed E-state index contributed by atoms with van der Waals surface area (Å²) in [7, 11) is 1.88. The van der Waals surface area contributed by atoms with E-state index in [4.69, 9.17) is 9.72 Å². The van der Waals surface area contributed by atoms with Gasteiger partial charge in [0.1, 0.15) is 0 Å². The fourth-order valence-corrected chi connectivity index (χ4v) is 4.73. The highest BCUT2D eigenvalue weighted by molar-refractivity contribution is 14.0. The molecule has 3 rings (SSSR count). The molecule has 1 N–H and O–H groups in total. The number of ether oxygens (including phenoxy) is 1. The highest BCUT2D eigenvalue weighted by Gasteiger charge is 2.30. The van der Waals surface area contributed by atoms with Crippen molar-refractivity contribution >= 4 is 41.3 Å². The van der Waals surface area contributed by atoms with E-state index in [1.807, 2.05) is 18.4 Å². The molecule has 0 saturated carbocycles. The van der Waals surface area contributed by atoms with Gasteiger partial charge in [0.25, 0.3) is 0 Å². The highest BCUT2D eigenvalue weighted by atomic mass is 127. The van der Waals surface area contributed by atoms with Crippen molar-refractivity contribution in [1.82, 2.24) is 20.1 Å². The molecule has 148 valence electrons. The minimum atomic E-state index is 0. The molecule has 3 heterocycles. The lowest BCUT2D eigenvalue weighted by atomic mass is 10.2. The van der Waals surface area contributed by atoms with Gasteiger partial charge in [-0.15, -0.1) is 35.3 Å². The first kappa shape index (κ1) is 21.8. The van der Waals surface area contributed by atoms with Gasteiger partial charge in [0.15, 0.2) is 5.96 Å². The molecule has 1 aromatic rings. The van der Waals surface area contributed by atoms with Crippen LogP contribution in [0.4, 0.5) is 0 Å². The molecule has 0 aliphatic carbocycles. The van der Waals surface area contributed by atoms with Gasteiger partial charge in [-0.2, -0.15) is 0 Å². The Morgan fingerprint density at radius 2 is 2.12 bits per heavy atom. The summed E-state index contributed by atoms with van der Waals surface area (Å²) in [6.07, 6.45) is 3.20. The van der Waals surface area contributed by atoms with Crippen LogP contribution in [0.5, 0.6) is 0 Å². The summed E-state index contributed by atoms with van der Waals surface area (Å²) >= 11 is 1.83. The van der Waals surface area contributed by atoms with Crippen LogP contribution in [0.25, 0.3) is 0 Å². The minimum Gasteiger partial charge on any atom is -0.379 e. The molecule has 2 fully saturated rings. The third-order valence-corrected chi connectivity index (χ3v) is 6.20. The van der Waals surface area contributed by atoms with Crippen molar-refractivity contribution in [3.8, 4) is 0 Å². The van der Waals surface area contributed by atoms with Gasteiger partial charge < -0.3 is 15.0 Å². The summed E-state index contributed by atoms with van der Waals surface area (Å²) in [5, 5.41) is 4.76. The Morgan fingerprint density at radius 3 is 2.77 bits per heavy atom. The lowest BCUT2D eigenvalue weighted by molar-refractivity contribution is 0.0195. The molecule has 0 aromatic carbocycles. The number of morpholine rings is 1. The number of thiazole rings is 1. The molecule has 26 heavy (non-hydrogen) atoms. The average Bonchev–Trinajstić information content (AvgIpc) is 3.26. The van der Waals surface area contributed by atoms with E-state index < -0.39 is 0 Å². The first-order chi connectivity index (χ1) is 12.2. The third kappa shape index (κ3) is 5.53. The molecule has 6 nitrogen and oxygen atoms in total. The quantitative estimate of drug-likeness (QED) is 0.387. The van der Waals surface area contributed by atoms with Crippen molar-refractivity contribution in [2.75, 3.05) is 53.0 Å². The lowest BCUT2D eigenvalue weighted by Crippen LogP contribution is -2.46. The van der Waals surface area contributed by atoms with E-state index in [2.05, 4.69) is 34.0 Å². The van der Waals surface area contributed by atoms with Crippen LogP contribution < -0.4 is 5.32 Å². The van der Waals surface area contributed by atoms with Crippen LogP contribution in [0.15, 0.2) is 4.99 Å². The molecule has 0 bridgehead atoms. The monoisotopic (exact) mass is 493 g/mol. The molecule has 2 saturated heterocycles. The molecule has 2 aliphatic rings. The maximum atomic E-state index is 5.47. The number of rotatable bonds is 5. The summed E-state index contributed by atoms with van der Waals surface area (Å²) in [4.78, 5) is 15.5. The second-order valence-electron chi connectivity index (χ2n) is 6.72. The highest BCUT2D eigenvalue weighted by Crippen LogP contribution is 2.19. The molecule has 1 unspecified atom stereocenters. The van der Waals surface area contributed by atoms with Gasteiger partial charge in [-0.3, -0.25) is 9.89 Å². The fraction of sp³-hybridized carbons (Fsp3) is 0.778. The van der Waals surface area contributed by atoms with Crippen LogP contribution in [0.3, 0.4) is 0 Å². The molecule has 0 spiro atoms. The molecular weight excluding hydrogens is 461 g/mol. The molecule has 2 aliphatic heterocycles. The predicted octanol–water partition coefficient (Wildman–Crippen LogP) is 2.16. The van der Waals surface area contributed by atoms with Crippen LogP contribution in [0.2, 0.25) is 0 Å². The zero-order chi connectivity index (χ0) is 17.6. The van der Waals surface area contributed by atoms with Gasteiger partial charge in [-0.25, -0.2) is 4.98 Å². The molecular formula is C18H32IN5OS. The van der Waals surface area contributed by atoms with E-state index in [1.165, 1.54) is 22.0 Å². The Morgan fingerprint density at radius 1 is 1.35 bits per heavy atom. The van der Waals surface area contributed by atoms with E-state index in [-0.39, 0.29) is 24.0 Å². The largest absolute Gasteiger partial charge is 0.379 e. The van der Waals surface area contributed by atoms with Crippen LogP contribution in [0.1, 0.15) is 28.9 Å². The molecule has 0 amide bonds. The maximum Gasteiger partial charge on any atom is 0.193 e. The van der Waals surface area contributed by atoms with Gasteiger partial charge in [0.05, 0.1) is 23.9 Å². The van der Waals surface area contributed by atoms with Gasteiger partial charge >= 0.3 is 0 Å². The Hall–Kier alpha value is -0.450. The number of nitrogens with zero attached hydrogens (tertiary/aromatic N) is 4. The standard InChI is InChI=1S/C18H31N5OS.HI/c1-4-16-14(2)25-17(21-16)5-7-20-18(19-3)23-8-6-15(13-23)22-9-11-24-12-10-22;/h15H,4-13H2,1-3H3,(H,19,20);1H. The summed E-state index contributed by atoms with van der Waals surface area (Å²) in [6.45, 7) is 11.2. The van der Waals surface area contributed by atoms with Gasteiger partial charge in [0, 0.05) is 57.1 Å². The first-order valence-electron chi connectivity index (χ1n) is 9.43. The third-order valence-electron chi connectivity index (χ3n) is 5.13. The number of nitrogens with one attached hydrogen (secondary N) is 1. The van der Waals surface area contributed by atoms with Crippen molar-refractivity contribution in [1.29, 1.82) is 0 Å². The van der Waals surface area contributed by atoms with Crippen molar-refractivity contribution in [3.05, 3.63) is 15.6 Å². The molecule has 1 aromatic heterocycles. The van der Waals surface area contributed by atoms with Crippen molar-refractivity contribution < 1.29 is 4.74 Å². The topological polar surface area (TPSA) is 53.0 Å². The Balaban J connectivity index is 0.00000243. The normalized spacial score (nSPS) is 21.7. The first-order valence-corrected chi connectivity index (χ1v) is 10.3. The van der Waals surface area contributed by atoms with E-state index >= 15 is 0 Å². The number of hydrogen-bond acceptors (Lipinski definition) is 5. The van der Waals surface area contributed by atoms with Gasteiger partial charge in [-0.1, -0.05) is 6.92 Å². The SMILES string of the molecule is CCc1nc(CCNC(=NC)N2CCC(N3CCOCC3)C2)sc1C.I. The number of halogens is 1. The number of aromatic nitrogens is 1. The second kappa shape index (κ2) is 10.8. The fourth-order valence-electron chi connectivity index (χ4n) is 3.71. The number of hydrogen-bond donors (Lipinski definition) is 1. The Labute approximate surface area is 178 Å². The van der Waals surface area contributed by atoms with Crippen molar-refractivity contribution in [2.45, 2.75) is 39.2 Å². The lowest BCUT2D eigenvalue weighted by Gasteiger charge is -2.32. The summed E-state index contributed by atoms with van der Waals surface area (Å²) in [5.41, 5.74) is 1.25. The van der Waals surface area contributed by atoms with Crippen molar-refractivity contribution in [2.24, 2.45) is 4.99 Å². The number of aryl methyl sites for hydroxylation is 2. The van der Waals surface area contributed by atoms with Gasteiger partial charge in [0.2, 0.25) is 0 Å². The van der Waals surface area contributed by atoms with E-state index in [0.717, 1.165) is 64.7 Å². The van der Waals surface area contributed by atoms with Gasteiger partial charge in [-0.05, 0) is 19.8 Å². The Bertz CT molecular complexity index is 588. The van der Waals surface area contributed by atoms with Crippen LogP contribution in [-0.4, -0.2) is 79.8 Å². The molecule has 1 atom stereocenters.